The van der Waals surface area contributed by atoms with Gasteiger partial charge in [-0.1, -0.05) is 6.42 Å². The number of amides is 1. The molecule has 0 unspecified atom stereocenters. The Balaban J connectivity index is 1.22. The summed E-state index contributed by atoms with van der Waals surface area (Å²) in [6.45, 7) is 4.76. The lowest BCUT2D eigenvalue weighted by atomic mass is 10.1. The van der Waals surface area contributed by atoms with Gasteiger partial charge in [-0.05, 0) is 44.9 Å². The van der Waals surface area contributed by atoms with Crippen molar-refractivity contribution in [1.82, 2.24) is 20.0 Å². The zero-order chi connectivity index (χ0) is 17.2. The Morgan fingerprint density at radius 1 is 1.16 bits per heavy atom. The number of hydrogen-bond donors (Lipinski definition) is 0. The molecule has 1 aromatic rings. The number of hydrogen-bond acceptors (Lipinski definition) is 5. The van der Waals surface area contributed by atoms with Crippen molar-refractivity contribution in [2.75, 3.05) is 44.7 Å². The van der Waals surface area contributed by atoms with Gasteiger partial charge in [0, 0.05) is 51.1 Å². The quantitative estimate of drug-likeness (QED) is 0.789. The van der Waals surface area contributed by atoms with Gasteiger partial charge in [0.15, 0.2) is 5.82 Å². The first-order valence-corrected chi connectivity index (χ1v) is 9.77. The van der Waals surface area contributed by atoms with Crippen LogP contribution < -0.4 is 4.90 Å². The second kappa shape index (κ2) is 7.28. The molecular formula is C19H29N5O. The number of aromatic nitrogens is 2. The lowest BCUT2D eigenvalue weighted by molar-refractivity contribution is -0.130. The van der Waals surface area contributed by atoms with Crippen LogP contribution in [-0.2, 0) is 4.79 Å². The van der Waals surface area contributed by atoms with Crippen molar-refractivity contribution in [2.24, 2.45) is 0 Å². The molecule has 6 nitrogen and oxygen atoms in total. The fourth-order valence-electron chi connectivity index (χ4n) is 3.76. The maximum atomic E-state index is 12.1. The number of carbonyl (C=O) groups excluding carboxylic acids is 1. The van der Waals surface area contributed by atoms with Gasteiger partial charge in [0.25, 0.3) is 0 Å². The van der Waals surface area contributed by atoms with E-state index in [1.165, 1.54) is 19.3 Å². The molecule has 1 aliphatic carbocycles. The van der Waals surface area contributed by atoms with Crippen LogP contribution in [0.3, 0.4) is 0 Å². The Bertz CT molecular complexity index is 594. The molecule has 3 fully saturated rings. The average molecular weight is 343 g/mol. The van der Waals surface area contributed by atoms with Crippen molar-refractivity contribution in [3.63, 3.8) is 0 Å². The summed E-state index contributed by atoms with van der Waals surface area (Å²) in [6.07, 6.45) is 6.67. The number of rotatable bonds is 6. The summed E-state index contributed by atoms with van der Waals surface area (Å²) in [5, 5.41) is 8.78. The zero-order valence-corrected chi connectivity index (χ0v) is 15.2. The summed E-state index contributed by atoms with van der Waals surface area (Å²) >= 11 is 0. The van der Waals surface area contributed by atoms with Gasteiger partial charge < -0.3 is 9.80 Å². The molecule has 4 rings (SSSR count). The normalized spacial score (nSPS) is 22.2. The molecule has 2 saturated heterocycles. The van der Waals surface area contributed by atoms with Gasteiger partial charge in [0.05, 0.1) is 5.69 Å². The van der Waals surface area contributed by atoms with Gasteiger partial charge in [-0.25, -0.2) is 0 Å². The fraction of sp³-hybridized carbons (Fsp3) is 0.737. The first-order valence-electron chi connectivity index (χ1n) is 9.77. The van der Waals surface area contributed by atoms with Crippen LogP contribution in [0.2, 0.25) is 0 Å². The molecule has 3 heterocycles. The maximum Gasteiger partial charge on any atom is 0.222 e. The molecule has 0 radical (unpaired) electrons. The minimum absolute atomic E-state index is 0.340. The van der Waals surface area contributed by atoms with Gasteiger partial charge in [0.2, 0.25) is 5.91 Å². The highest BCUT2D eigenvalue weighted by Crippen LogP contribution is 2.38. The van der Waals surface area contributed by atoms with E-state index in [2.05, 4.69) is 44.1 Å². The van der Waals surface area contributed by atoms with Gasteiger partial charge in [-0.2, -0.15) is 5.10 Å². The monoisotopic (exact) mass is 343 g/mol. The van der Waals surface area contributed by atoms with Crippen LogP contribution in [0.15, 0.2) is 12.1 Å². The maximum absolute atomic E-state index is 12.1. The summed E-state index contributed by atoms with van der Waals surface area (Å²) in [5.41, 5.74) is 1.15. The van der Waals surface area contributed by atoms with Crippen LogP contribution >= 0.6 is 0 Å². The molecule has 0 spiro atoms. The number of likely N-dealkylation sites (tertiary alicyclic amines) is 1. The van der Waals surface area contributed by atoms with E-state index in [0.717, 1.165) is 63.5 Å². The molecule has 0 N–H and O–H groups in total. The smallest absolute Gasteiger partial charge is 0.222 e. The van der Waals surface area contributed by atoms with Crippen molar-refractivity contribution in [2.45, 2.75) is 50.5 Å². The van der Waals surface area contributed by atoms with Crippen molar-refractivity contribution in [1.29, 1.82) is 0 Å². The zero-order valence-electron chi connectivity index (χ0n) is 15.2. The Hall–Kier alpha value is -1.69. The third-order valence-corrected chi connectivity index (χ3v) is 5.87. The molecule has 136 valence electrons. The van der Waals surface area contributed by atoms with Crippen LogP contribution in [-0.4, -0.2) is 71.7 Å². The Kier molecular flexibility index (Phi) is 4.88. The van der Waals surface area contributed by atoms with Crippen LogP contribution in [0.1, 0.15) is 50.1 Å². The molecule has 3 aliphatic rings. The Morgan fingerprint density at radius 2 is 2.00 bits per heavy atom. The molecular weight excluding hydrogens is 314 g/mol. The fourth-order valence-corrected chi connectivity index (χ4v) is 3.76. The van der Waals surface area contributed by atoms with Gasteiger partial charge >= 0.3 is 0 Å². The van der Waals surface area contributed by atoms with E-state index >= 15 is 0 Å². The summed E-state index contributed by atoms with van der Waals surface area (Å²) < 4.78 is 0. The molecule has 0 atom stereocenters. The second-order valence-electron chi connectivity index (χ2n) is 7.82. The highest BCUT2D eigenvalue weighted by molar-refractivity contribution is 5.76. The molecule has 2 aliphatic heterocycles. The lowest BCUT2D eigenvalue weighted by Gasteiger charge is -2.44. The molecule has 1 aromatic heterocycles. The molecule has 1 saturated carbocycles. The first-order chi connectivity index (χ1) is 12.2. The Morgan fingerprint density at radius 3 is 2.72 bits per heavy atom. The van der Waals surface area contributed by atoms with Crippen LogP contribution in [0.25, 0.3) is 0 Å². The lowest BCUT2D eigenvalue weighted by Crippen LogP contribution is -2.59. The van der Waals surface area contributed by atoms with Crippen LogP contribution in [0.5, 0.6) is 0 Å². The van der Waals surface area contributed by atoms with Crippen molar-refractivity contribution < 1.29 is 4.79 Å². The predicted octanol–water partition coefficient (Wildman–Crippen LogP) is 1.88. The van der Waals surface area contributed by atoms with Crippen molar-refractivity contribution >= 4 is 11.7 Å². The second-order valence-corrected chi connectivity index (χ2v) is 7.82. The van der Waals surface area contributed by atoms with E-state index in [4.69, 9.17) is 0 Å². The minimum Gasteiger partial charge on any atom is -0.352 e. The highest BCUT2D eigenvalue weighted by Gasteiger charge is 2.32. The molecule has 25 heavy (non-hydrogen) atoms. The minimum atomic E-state index is 0.340. The third kappa shape index (κ3) is 3.94. The number of carbonyl (C=O) groups is 1. The van der Waals surface area contributed by atoms with E-state index < -0.39 is 0 Å². The molecule has 6 heteroatoms. The van der Waals surface area contributed by atoms with Gasteiger partial charge in [-0.15, -0.1) is 5.10 Å². The van der Waals surface area contributed by atoms with Crippen LogP contribution in [0.4, 0.5) is 5.82 Å². The highest BCUT2D eigenvalue weighted by atomic mass is 16.2. The number of nitrogens with zero attached hydrogens (tertiary/aromatic N) is 5. The average Bonchev–Trinajstić information content (AvgIpc) is 3.41. The van der Waals surface area contributed by atoms with Gasteiger partial charge in [-0.3, -0.25) is 9.69 Å². The van der Waals surface area contributed by atoms with E-state index in [-0.39, 0.29) is 0 Å². The van der Waals surface area contributed by atoms with E-state index in [9.17, 15) is 4.79 Å². The number of likely N-dealkylation sites (N-methyl/N-ethyl adjacent to an activating group) is 1. The van der Waals surface area contributed by atoms with Gasteiger partial charge in [0.1, 0.15) is 0 Å². The summed E-state index contributed by atoms with van der Waals surface area (Å²) in [4.78, 5) is 18.8. The Labute approximate surface area is 150 Å². The standard InChI is InChI=1S/C19H29N5O/c1-22(11-12-23-10-4-2-3-5-19(23)25)16-13-24(14-16)18-9-8-17(20-21-18)15-6-7-15/h8-9,15-16H,2-7,10-14H2,1H3. The molecule has 1 amide bonds. The molecule has 0 bridgehead atoms. The topological polar surface area (TPSA) is 52.6 Å². The van der Waals surface area contributed by atoms with Crippen LogP contribution in [0, 0.1) is 0 Å². The third-order valence-electron chi connectivity index (χ3n) is 5.87. The SMILES string of the molecule is CN(CCN1CCCCCC1=O)C1CN(c2ccc(C3CC3)nn2)C1. The first kappa shape index (κ1) is 16.8. The predicted molar refractivity (Wildman–Crippen MR) is 97.7 cm³/mol. The number of anilines is 1. The van der Waals surface area contributed by atoms with E-state index in [1.54, 1.807) is 0 Å². The summed E-state index contributed by atoms with van der Waals surface area (Å²) in [6, 6.07) is 4.81. The van der Waals surface area contributed by atoms with Crippen molar-refractivity contribution in [3.05, 3.63) is 17.8 Å². The van der Waals surface area contributed by atoms with E-state index in [0.29, 0.717) is 17.9 Å². The van der Waals surface area contributed by atoms with Crippen molar-refractivity contribution in [3.8, 4) is 0 Å². The largest absolute Gasteiger partial charge is 0.352 e. The molecule has 0 aromatic carbocycles. The summed E-state index contributed by atoms with van der Waals surface area (Å²) in [7, 11) is 2.17. The summed E-state index contributed by atoms with van der Waals surface area (Å²) in [5.74, 6) is 2.00. The van der Waals surface area contributed by atoms with E-state index in [1.807, 2.05) is 0 Å².